The fourth-order valence-corrected chi connectivity index (χ4v) is 5.59. The molecule has 2 aliphatic rings. The lowest BCUT2D eigenvalue weighted by atomic mass is 9.97. The molecule has 10 heteroatoms. The van der Waals surface area contributed by atoms with Gasteiger partial charge in [0, 0.05) is 41.5 Å². The zero-order valence-corrected chi connectivity index (χ0v) is 20.9. The number of thiophene rings is 1. The number of fused-ring (bicyclic) bond motifs is 3. The SMILES string of the molecule is CC(C)Oc1cc(N)c(C=N)cc1Nc1ncnc2sc3c(c12)CCCC3.O=CN1CCC(O)C1. The molecule has 35 heavy (non-hydrogen) atoms. The highest BCUT2D eigenvalue weighted by Gasteiger charge is 2.21. The van der Waals surface area contributed by atoms with Crippen LogP contribution in [-0.2, 0) is 17.6 Å². The number of β-amino-alcohol motifs (C(OH)–C–C–N with tert-alkyl or cyclic N) is 1. The maximum absolute atomic E-state index is 9.97. The van der Waals surface area contributed by atoms with Crippen LogP contribution in [0.1, 0.15) is 49.1 Å². The molecule has 1 aromatic carbocycles. The smallest absolute Gasteiger partial charge is 0.209 e. The fraction of sp³-hybridized carbons (Fsp3) is 0.440. The summed E-state index contributed by atoms with van der Waals surface area (Å²) in [6.07, 6.45) is 8.73. The molecule has 1 aliphatic heterocycles. The van der Waals surface area contributed by atoms with Crippen molar-refractivity contribution in [3.63, 3.8) is 0 Å². The minimum absolute atomic E-state index is 0.00936. The number of ether oxygens (including phenoxy) is 1. The average molecular weight is 497 g/mol. The predicted octanol–water partition coefficient (Wildman–Crippen LogP) is 3.89. The van der Waals surface area contributed by atoms with E-state index in [9.17, 15) is 4.79 Å². The van der Waals surface area contributed by atoms with E-state index in [-0.39, 0.29) is 12.2 Å². The molecule has 1 aliphatic carbocycles. The number of rotatable bonds is 6. The molecular weight excluding hydrogens is 464 g/mol. The van der Waals surface area contributed by atoms with Gasteiger partial charge in [-0.05, 0) is 57.6 Å². The van der Waals surface area contributed by atoms with Crippen LogP contribution in [0.5, 0.6) is 5.75 Å². The Morgan fingerprint density at radius 2 is 2.11 bits per heavy atom. The Balaban J connectivity index is 0.000000308. The van der Waals surface area contributed by atoms with Gasteiger partial charge in [-0.3, -0.25) is 4.79 Å². The normalized spacial score (nSPS) is 17.0. The van der Waals surface area contributed by atoms with Gasteiger partial charge in [-0.25, -0.2) is 9.97 Å². The molecule has 186 valence electrons. The van der Waals surface area contributed by atoms with Crippen molar-refractivity contribution in [2.24, 2.45) is 0 Å². The molecule has 1 atom stereocenters. The molecule has 0 radical (unpaired) electrons. The van der Waals surface area contributed by atoms with Crippen molar-refractivity contribution >= 4 is 51.4 Å². The van der Waals surface area contributed by atoms with Gasteiger partial charge in [0.2, 0.25) is 6.41 Å². The Morgan fingerprint density at radius 3 is 2.77 bits per heavy atom. The summed E-state index contributed by atoms with van der Waals surface area (Å²) >= 11 is 1.77. The summed E-state index contributed by atoms with van der Waals surface area (Å²) in [6, 6.07) is 3.61. The molecule has 2 aromatic heterocycles. The first-order chi connectivity index (χ1) is 16.9. The summed E-state index contributed by atoms with van der Waals surface area (Å²) in [5.41, 5.74) is 9.35. The van der Waals surface area contributed by atoms with E-state index in [2.05, 4.69) is 15.3 Å². The summed E-state index contributed by atoms with van der Waals surface area (Å²) < 4.78 is 5.95. The van der Waals surface area contributed by atoms with E-state index in [0.29, 0.717) is 30.1 Å². The van der Waals surface area contributed by atoms with Gasteiger partial charge >= 0.3 is 0 Å². The number of likely N-dealkylation sites (tertiary alicyclic amines) is 1. The van der Waals surface area contributed by atoms with Crippen LogP contribution >= 0.6 is 11.3 Å². The second-order valence-electron chi connectivity index (χ2n) is 9.07. The van der Waals surface area contributed by atoms with Crippen molar-refractivity contribution in [1.29, 1.82) is 5.41 Å². The third-order valence-corrected chi connectivity index (χ3v) is 7.25. The number of aliphatic hydroxyl groups excluding tert-OH is 1. The first-order valence-electron chi connectivity index (χ1n) is 11.9. The number of aromatic nitrogens is 2. The lowest BCUT2D eigenvalue weighted by Crippen LogP contribution is -2.19. The summed E-state index contributed by atoms with van der Waals surface area (Å²) in [4.78, 5) is 23.0. The second-order valence-corrected chi connectivity index (χ2v) is 10.2. The lowest BCUT2D eigenvalue weighted by Gasteiger charge is -2.18. The third-order valence-electron chi connectivity index (χ3n) is 6.05. The van der Waals surface area contributed by atoms with Crippen LogP contribution in [-0.4, -0.2) is 57.9 Å². The quantitative estimate of drug-likeness (QED) is 0.231. The van der Waals surface area contributed by atoms with Crippen LogP contribution in [0.2, 0.25) is 0 Å². The zero-order chi connectivity index (χ0) is 24.9. The first kappa shape index (κ1) is 24.9. The molecule has 0 saturated carbocycles. The Bertz CT molecular complexity index is 1210. The van der Waals surface area contributed by atoms with Gasteiger partial charge in [0.15, 0.2) is 0 Å². The number of benzene rings is 1. The van der Waals surface area contributed by atoms with E-state index in [1.807, 2.05) is 19.9 Å². The summed E-state index contributed by atoms with van der Waals surface area (Å²) in [5, 5.41) is 21.0. The summed E-state index contributed by atoms with van der Waals surface area (Å²) in [7, 11) is 0. The van der Waals surface area contributed by atoms with Crippen molar-refractivity contribution in [3.8, 4) is 5.75 Å². The van der Waals surface area contributed by atoms with Crippen molar-refractivity contribution in [3.05, 3.63) is 34.5 Å². The van der Waals surface area contributed by atoms with Crippen molar-refractivity contribution in [2.45, 2.75) is 58.2 Å². The lowest BCUT2D eigenvalue weighted by molar-refractivity contribution is -0.117. The Kier molecular flexibility index (Phi) is 7.82. The van der Waals surface area contributed by atoms with Gasteiger partial charge in [0.25, 0.3) is 0 Å². The van der Waals surface area contributed by atoms with Crippen LogP contribution in [0.25, 0.3) is 10.2 Å². The molecule has 0 spiro atoms. The number of aliphatic hydroxyl groups is 1. The van der Waals surface area contributed by atoms with Crippen LogP contribution in [0, 0.1) is 5.41 Å². The Morgan fingerprint density at radius 1 is 1.31 bits per heavy atom. The number of hydrogen-bond donors (Lipinski definition) is 4. The van der Waals surface area contributed by atoms with Gasteiger partial charge in [-0.2, -0.15) is 0 Å². The summed E-state index contributed by atoms with van der Waals surface area (Å²) in [5.74, 6) is 1.44. The number of amides is 1. The topological polar surface area (TPSA) is 137 Å². The van der Waals surface area contributed by atoms with Gasteiger partial charge < -0.3 is 31.2 Å². The molecule has 1 unspecified atom stereocenters. The van der Waals surface area contributed by atoms with E-state index in [0.717, 1.165) is 47.4 Å². The number of carbonyl (C=O) groups excluding carboxylic acids is 1. The van der Waals surface area contributed by atoms with Crippen molar-refractivity contribution in [1.82, 2.24) is 14.9 Å². The van der Waals surface area contributed by atoms with E-state index in [1.165, 1.54) is 29.5 Å². The minimum atomic E-state index is -0.278. The van der Waals surface area contributed by atoms with Crippen LogP contribution in [0.15, 0.2) is 18.5 Å². The highest BCUT2D eigenvalue weighted by Crippen LogP contribution is 2.40. The van der Waals surface area contributed by atoms with Crippen LogP contribution < -0.4 is 15.8 Å². The molecule has 3 heterocycles. The van der Waals surface area contributed by atoms with Gasteiger partial charge in [-0.1, -0.05) is 0 Å². The van der Waals surface area contributed by atoms with E-state index in [4.69, 9.17) is 21.0 Å². The van der Waals surface area contributed by atoms with Crippen LogP contribution in [0.4, 0.5) is 17.2 Å². The number of carbonyl (C=O) groups is 1. The molecule has 0 bridgehead atoms. The maximum Gasteiger partial charge on any atom is 0.209 e. The molecule has 1 fully saturated rings. The molecule has 1 amide bonds. The number of hydrogen-bond acceptors (Lipinski definition) is 9. The molecule has 9 nitrogen and oxygen atoms in total. The predicted molar refractivity (Wildman–Crippen MR) is 140 cm³/mol. The van der Waals surface area contributed by atoms with E-state index in [1.54, 1.807) is 28.6 Å². The molecule has 3 aromatic rings. The number of nitrogens with two attached hydrogens (primary N) is 1. The molecule has 5 N–H and O–H groups in total. The molecule has 5 rings (SSSR count). The molecule has 1 saturated heterocycles. The average Bonchev–Trinajstić information content (AvgIpc) is 3.44. The first-order valence-corrected chi connectivity index (χ1v) is 12.7. The highest BCUT2D eigenvalue weighted by atomic mass is 32.1. The monoisotopic (exact) mass is 496 g/mol. The molecular formula is C25H32N6O3S. The Labute approximate surface area is 208 Å². The number of aryl methyl sites for hydroxylation is 2. The fourth-order valence-electron chi connectivity index (χ4n) is 4.36. The highest BCUT2D eigenvalue weighted by molar-refractivity contribution is 7.19. The van der Waals surface area contributed by atoms with E-state index < -0.39 is 0 Å². The number of nitrogen functional groups attached to an aromatic ring is 1. The van der Waals surface area contributed by atoms with Crippen molar-refractivity contribution < 1.29 is 14.6 Å². The maximum atomic E-state index is 9.97. The van der Waals surface area contributed by atoms with Crippen LogP contribution in [0.3, 0.4) is 0 Å². The van der Waals surface area contributed by atoms with Gasteiger partial charge in [-0.15, -0.1) is 11.3 Å². The number of anilines is 3. The van der Waals surface area contributed by atoms with Gasteiger partial charge in [0.1, 0.15) is 22.7 Å². The summed E-state index contributed by atoms with van der Waals surface area (Å²) in [6.45, 7) is 5.18. The third kappa shape index (κ3) is 5.71. The largest absolute Gasteiger partial charge is 0.489 e. The standard InChI is InChI=1S/C20H23N5OS.C5H9NO2/c1-11(2)26-16-8-14(22)12(9-21)7-15(16)25-19-18-13-5-3-4-6-17(13)27-20(18)24-10-23-19;7-4-6-2-1-5(8)3-6/h7-11,21H,3-6,22H2,1-2H3,(H,23,24,25);4-5,8H,1-3H2. The minimum Gasteiger partial charge on any atom is -0.489 e. The number of nitrogens with zero attached hydrogens (tertiary/aromatic N) is 3. The number of nitrogens with one attached hydrogen (secondary N) is 2. The van der Waals surface area contributed by atoms with E-state index >= 15 is 0 Å². The second kappa shape index (κ2) is 11.0. The van der Waals surface area contributed by atoms with Crippen molar-refractivity contribution in [2.75, 3.05) is 24.1 Å². The Hall–Kier alpha value is -3.24. The zero-order valence-electron chi connectivity index (χ0n) is 20.1. The van der Waals surface area contributed by atoms with Gasteiger partial charge in [0.05, 0.1) is 23.3 Å².